The van der Waals surface area contributed by atoms with Gasteiger partial charge in [-0.1, -0.05) is 78.3 Å². The summed E-state index contributed by atoms with van der Waals surface area (Å²) in [5.74, 6) is -0.626. The lowest BCUT2D eigenvalue weighted by Gasteiger charge is -2.29. The van der Waals surface area contributed by atoms with Gasteiger partial charge in [0.2, 0.25) is 0 Å². The number of anilines is 1. The number of halogens is 1. The first kappa shape index (κ1) is 23.7. The van der Waals surface area contributed by atoms with E-state index < -0.39 is 11.5 Å². The highest BCUT2D eigenvalue weighted by Crippen LogP contribution is 2.33. The maximum atomic E-state index is 13.5. The van der Waals surface area contributed by atoms with Crippen molar-refractivity contribution >= 4 is 23.2 Å². The molecule has 170 valence electrons. The fourth-order valence-corrected chi connectivity index (χ4v) is 4.12. The Hall–Kier alpha value is -4.42. The molecule has 0 bridgehead atoms. The third-order valence-electron chi connectivity index (χ3n) is 5.76. The Labute approximate surface area is 208 Å². The first-order valence-electron chi connectivity index (χ1n) is 10.8. The first-order valence-corrected chi connectivity index (χ1v) is 11.2. The largest absolute Gasteiger partial charge is 0.375 e. The molecule has 0 aromatic heterocycles. The Kier molecular flexibility index (Phi) is 6.94. The molecule has 1 atom stereocenters. The van der Waals surface area contributed by atoms with Crippen molar-refractivity contribution in [2.24, 2.45) is 0 Å². The number of rotatable bonds is 6. The maximum Gasteiger partial charge on any atom is 0.261 e. The highest BCUT2D eigenvalue weighted by Gasteiger charge is 2.39. The minimum Gasteiger partial charge on any atom is -0.375 e. The van der Waals surface area contributed by atoms with Crippen molar-refractivity contribution in [2.45, 2.75) is 12.0 Å². The van der Waals surface area contributed by atoms with Gasteiger partial charge in [-0.05, 0) is 52.6 Å². The van der Waals surface area contributed by atoms with Crippen LogP contribution in [0.25, 0.3) is 11.1 Å². The van der Waals surface area contributed by atoms with Gasteiger partial charge in [-0.25, -0.2) is 0 Å². The number of benzene rings is 4. The Morgan fingerprint density at radius 2 is 1.57 bits per heavy atom. The molecule has 0 fully saturated rings. The Morgan fingerprint density at radius 1 is 0.886 bits per heavy atom. The van der Waals surface area contributed by atoms with Gasteiger partial charge in [-0.2, -0.15) is 10.5 Å². The second-order valence-corrected chi connectivity index (χ2v) is 8.42. The van der Waals surface area contributed by atoms with Gasteiger partial charge in [-0.15, -0.1) is 0 Å². The predicted octanol–water partition coefficient (Wildman–Crippen LogP) is 5.82. The number of carbonyl (C=O) groups excluding carboxylic acids is 1. The van der Waals surface area contributed by atoms with E-state index in [1.807, 2.05) is 48.5 Å². The summed E-state index contributed by atoms with van der Waals surface area (Å²) in [4.78, 5) is 13.5. The number of nitrogens with one attached hydrogen (secondary N) is 1. The van der Waals surface area contributed by atoms with Crippen LogP contribution in [0.4, 0.5) is 5.69 Å². The number of amides is 1. The van der Waals surface area contributed by atoms with E-state index in [-0.39, 0.29) is 11.4 Å². The van der Waals surface area contributed by atoms with Crippen LogP contribution in [0.5, 0.6) is 0 Å². The number of nitriles is 2. The van der Waals surface area contributed by atoms with Crippen LogP contribution in [0.1, 0.15) is 22.3 Å². The highest BCUT2D eigenvalue weighted by atomic mass is 35.5. The first-order chi connectivity index (χ1) is 16.9. The van der Waals surface area contributed by atoms with Crippen LogP contribution in [-0.4, -0.2) is 11.0 Å². The van der Waals surface area contributed by atoms with Crippen LogP contribution in [0.2, 0.25) is 5.02 Å². The minimum absolute atomic E-state index is 0.00301. The monoisotopic (exact) mass is 477 g/mol. The van der Waals surface area contributed by atoms with Crippen LogP contribution in [-0.2, 0) is 16.8 Å². The van der Waals surface area contributed by atoms with Crippen molar-refractivity contribution in [2.75, 3.05) is 5.32 Å². The molecule has 0 saturated heterocycles. The van der Waals surface area contributed by atoms with Gasteiger partial charge in [0, 0.05) is 12.1 Å². The predicted molar refractivity (Wildman–Crippen MR) is 135 cm³/mol. The quantitative estimate of drug-likeness (QED) is 0.365. The average molecular weight is 478 g/mol. The summed E-state index contributed by atoms with van der Waals surface area (Å²) in [7, 11) is 0. The second-order valence-electron chi connectivity index (χ2n) is 8.01. The van der Waals surface area contributed by atoms with E-state index in [9.17, 15) is 9.90 Å². The summed E-state index contributed by atoms with van der Waals surface area (Å²) in [5.41, 5.74) is 2.23. The third-order valence-corrected chi connectivity index (χ3v) is 6.08. The van der Waals surface area contributed by atoms with Crippen molar-refractivity contribution in [3.8, 4) is 23.3 Å². The Balaban J connectivity index is 1.73. The van der Waals surface area contributed by atoms with Gasteiger partial charge in [0.25, 0.3) is 5.91 Å². The van der Waals surface area contributed by atoms with E-state index in [2.05, 4.69) is 11.4 Å². The van der Waals surface area contributed by atoms with Crippen LogP contribution < -0.4 is 5.32 Å². The maximum absolute atomic E-state index is 13.5. The van der Waals surface area contributed by atoms with E-state index in [0.717, 1.165) is 16.7 Å². The third kappa shape index (κ3) is 5.08. The smallest absolute Gasteiger partial charge is 0.261 e. The summed E-state index contributed by atoms with van der Waals surface area (Å²) in [6.07, 6.45) is 0.00301. The molecule has 2 N–H and O–H groups in total. The lowest BCUT2D eigenvalue weighted by molar-refractivity contribution is -0.135. The molecule has 4 aromatic carbocycles. The summed E-state index contributed by atoms with van der Waals surface area (Å²) in [6, 6.07) is 32.1. The Bertz CT molecular complexity index is 1450. The number of carbonyl (C=O) groups is 1. The molecule has 1 unspecified atom stereocenters. The molecular formula is C29H20ClN3O2. The average Bonchev–Trinajstić information content (AvgIpc) is 2.89. The molecule has 5 nitrogen and oxygen atoms in total. The molecule has 0 saturated carbocycles. The number of aliphatic hydroxyl groups is 1. The number of nitrogens with zero attached hydrogens (tertiary/aromatic N) is 2. The summed E-state index contributed by atoms with van der Waals surface area (Å²) >= 11 is 6.13. The molecular weight excluding hydrogens is 458 g/mol. The van der Waals surface area contributed by atoms with Gasteiger partial charge >= 0.3 is 0 Å². The van der Waals surface area contributed by atoms with Crippen molar-refractivity contribution in [1.82, 2.24) is 0 Å². The van der Waals surface area contributed by atoms with E-state index in [0.29, 0.717) is 22.4 Å². The van der Waals surface area contributed by atoms with Crippen LogP contribution >= 0.6 is 11.6 Å². The highest BCUT2D eigenvalue weighted by molar-refractivity contribution is 6.32. The van der Waals surface area contributed by atoms with Crippen LogP contribution in [0.3, 0.4) is 0 Å². The fraction of sp³-hybridized carbons (Fsp3) is 0.0690. The topological polar surface area (TPSA) is 96.9 Å². The van der Waals surface area contributed by atoms with E-state index in [1.165, 1.54) is 12.1 Å². The summed E-state index contributed by atoms with van der Waals surface area (Å²) in [6.45, 7) is 0. The molecule has 4 aromatic rings. The standard InChI is InChI=1S/C29H20ClN3O2/c30-27-16-25(15-14-23(27)19-32)33-28(34)29(35,24-7-2-1-3-8-24)17-22-6-4-5-9-26(22)21-12-10-20(18-31)11-13-21/h1-16,35H,17H2,(H,33,34). The fourth-order valence-electron chi connectivity index (χ4n) is 3.90. The van der Waals surface area contributed by atoms with Gasteiger partial charge in [0.15, 0.2) is 5.60 Å². The van der Waals surface area contributed by atoms with E-state index in [1.54, 1.807) is 42.5 Å². The normalized spacial score (nSPS) is 12.1. The minimum atomic E-state index is -1.90. The van der Waals surface area contributed by atoms with Gasteiger partial charge in [0.05, 0.1) is 22.2 Å². The molecule has 0 radical (unpaired) electrons. The van der Waals surface area contributed by atoms with Crippen molar-refractivity contribution < 1.29 is 9.90 Å². The van der Waals surface area contributed by atoms with Crippen molar-refractivity contribution in [3.05, 3.63) is 124 Å². The van der Waals surface area contributed by atoms with Gasteiger partial charge in [0.1, 0.15) is 6.07 Å². The Morgan fingerprint density at radius 3 is 2.23 bits per heavy atom. The number of hydrogen-bond donors (Lipinski definition) is 2. The molecule has 0 heterocycles. The number of hydrogen-bond acceptors (Lipinski definition) is 4. The van der Waals surface area contributed by atoms with E-state index in [4.69, 9.17) is 22.1 Å². The molecule has 6 heteroatoms. The lowest BCUT2D eigenvalue weighted by atomic mass is 9.83. The molecule has 0 aliphatic carbocycles. The SMILES string of the molecule is N#Cc1ccc(-c2ccccc2CC(O)(C(=O)Nc2ccc(C#N)c(Cl)c2)c2ccccc2)cc1. The molecule has 0 aliphatic heterocycles. The molecule has 1 amide bonds. The summed E-state index contributed by atoms with van der Waals surface area (Å²) < 4.78 is 0. The zero-order chi connectivity index (χ0) is 24.8. The van der Waals surface area contributed by atoms with Gasteiger partial charge in [-0.3, -0.25) is 4.79 Å². The molecule has 0 aliphatic rings. The zero-order valence-corrected chi connectivity index (χ0v) is 19.3. The van der Waals surface area contributed by atoms with Crippen molar-refractivity contribution in [1.29, 1.82) is 10.5 Å². The van der Waals surface area contributed by atoms with Crippen molar-refractivity contribution in [3.63, 3.8) is 0 Å². The molecule has 4 rings (SSSR count). The van der Waals surface area contributed by atoms with Crippen LogP contribution in [0.15, 0.2) is 97.1 Å². The molecule has 0 spiro atoms. The lowest BCUT2D eigenvalue weighted by Crippen LogP contribution is -2.42. The second kappa shape index (κ2) is 10.2. The van der Waals surface area contributed by atoms with Gasteiger partial charge < -0.3 is 10.4 Å². The summed E-state index contributed by atoms with van der Waals surface area (Å²) in [5, 5.41) is 33.0. The van der Waals surface area contributed by atoms with E-state index >= 15 is 0 Å². The van der Waals surface area contributed by atoms with Crippen LogP contribution in [0, 0.1) is 22.7 Å². The zero-order valence-electron chi connectivity index (χ0n) is 18.6. The molecule has 35 heavy (non-hydrogen) atoms.